The molecule has 4 heteroatoms. The van der Waals surface area contributed by atoms with Gasteiger partial charge < -0.3 is 5.32 Å². The number of nitrogens with one attached hydrogen (secondary N) is 1. The summed E-state index contributed by atoms with van der Waals surface area (Å²) in [6.45, 7) is 8.28. The van der Waals surface area contributed by atoms with Crippen LogP contribution >= 0.6 is 15.9 Å². The third kappa shape index (κ3) is 3.30. The summed E-state index contributed by atoms with van der Waals surface area (Å²) in [7, 11) is 1.98. The molecule has 0 fully saturated rings. The van der Waals surface area contributed by atoms with Crippen LogP contribution in [0.2, 0.25) is 0 Å². The van der Waals surface area contributed by atoms with Crippen LogP contribution in [0.3, 0.4) is 0 Å². The van der Waals surface area contributed by atoms with Crippen LogP contribution in [0.4, 0.5) is 0 Å². The molecule has 0 saturated heterocycles. The minimum atomic E-state index is 0.112. The van der Waals surface area contributed by atoms with E-state index in [-0.39, 0.29) is 5.41 Å². The maximum absolute atomic E-state index is 4.41. The Morgan fingerprint density at radius 1 is 1.25 bits per heavy atom. The van der Waals surface area contributed by atoms with Gasteiger partial charge in [-0.3, -0.25) is 4.68 Å². The molecule has 1 aromatic carbocycles. The van der Waals surface area contributed by atoms with Crippen molar-refractivity contribution >= 4 is 15.9 Å². The molecule has 0 spiro atoms. The lowest BCUT2D eigenvalue weighted by Crippen LogP contribution is -2.33. The molecule has 0 unspecified atom stereocenters. The first-order valence-electron chi connectivity index (χ1n) is 6.86. The quantitative estimate of drug-likeness (QED) is 0.905. The Balaban J connectivity index is 1.99. The molecule has 1 N–H and O–H groups in total. The van der Waals surface area contributed by atoms with E-state index in [0.717, 1.165) is 23.3 Å². The Kier molecular flexibility index (Phi) is 4.66. The molecule has 20 heavy (non-hydrogen) atoms. The second kappa shape index (κ2) is 6.10. The van der Waals surface area contributed by atoms with Crippen LogP contribution in [-0.2, 0) is 19.0 Å². The summed E-state index contributed by atoms with van der Waals surface area (Å²) in [4.78, 5) is 0. The topological polar surface area (TPSA) is 29.9 Å². The summed E-state index contributed by atoms with van der Waals surface area (Å²) in [5, 5.41) is 7.96. The van der Waals surface area contributed by atoms with Gasteiger partial charge in [-0.15, -0.1) is 0 Å². The van der Waals surface area contributed by atoms with E-state index in [9.17, 15) is 0 Å². The van der Waals surface area contributed by atoms with Gasteiger partial charge in [0.15, 0.2) is 0 Å². The van der Waals surface area contributed by atoms with Crippen molar-refractivity contribution in [2.75, 3.05) is 6.54 Å². The Hall–Kier alpha value is -1.13. The standard InChI is InChI=1S/C16H22BrN3/c1-12-15(17)14(20(4)19-12)10-18-11-16(2,3)13-8-6-5-7-9-13/h5-9,18H,10-11H2,1-4H3. The zero-order valence-electron chi connectivity index (χ0n) is 12.6. The lowest BCUT2D eigenvalue weighted by atomic mass is 9.84. The summed E-state index contributed by atoms with van der Waals surface area (Å²) in [6, 6.07) is 10.6. The first-order chi connectivity index (χ1) is 9.42. The van der Waals surface area contributed by atoms with Gasteiger partial charge in [0, 0.05) is 25.6 Å². The van der Waals surface area contributed by atoms with Crippen molar-refractivity contribution in [3.63, 3.8) is 0 Å². The smallest absolute Gasteiger partial charge is 0.0739 e. The number of rotatable bonds is 5. The minimum absolute atomic E-state index is 0.112. The van der Waals surface area contributed by atoms with Gasteiger partial charge in [-0.05, 0) is 28.4 Å². The van der Waals surface area contributed by atoms with Crippen LogP contribution < -0.4 is 5.32 Å². The fourth-order valence-electron chi connectivity index (χ4n) is 2.36. The van der Waals surface area contributed by atoms with Gasteiger partial charge in [0.1, 0.15) is 0 Å². The van der Waals surface area contributed by atoms with Crippen LogP contribution in [0.25, 0.3) is 0 Å². The highest BCUT2D eigenvalue weighted by Gasteiger charge is 2.20. The average molecular weight is 336 g/mol. The molecule has 1 heterocycles. The molecule has 3 nitrogen and oxygen atoms in total. The molecule has 0 aliphatic rings. The van der Waals surface area contributed by atoms with Gasteiger partial charge >= 0.3 is 0 Å². The number of nitrogens with zero attached hydrogens (tertiary/aromatic N) is 2. The lowest BCUT2D eigenvalue weighted by Gasteiger charge is -2.25. The number of hydrogen-bond acceptors (Lipinski definition) is 2. The van der Waals surface area contributed by atoms with E-state index in [1.807, 2.05) is 18.7 Å². The Labute approximate surface area is 129 Å². The van der Waals surface area contributed by atoms with Crippen LogP contribution in [0.5, 0.6) is 0 Å². The second-order valence-electron chi connectivity index (χ2n) is 5.82. The summed E-state index contributed by atoms with van der Waals surface area (Å²) in [5.74, 6) is 0. The maximum atomic E-state index is 4.41. The third-order valence-electron chi connectivity index (χ3n) is 3.68. The van der Waals surface area contributed by atoms with E-state index >= 15 is 0 Å². The number of halogens is 1. The van der Waals surface area contributed by atoms with Gasteiger partial charge in [-0.1, -0.05) is 44.2 Å². The SMILES string of the molecule is Cc1nn(C)c(CNCC(C)(C)c2ccccc2)c1Br. The zero-order chi connectivity index (χ0) is 14.8. The van der Waals surface area contributed by atoms with Crippen molar-refractivity contribution in [3.8, 4) is 0 Å². The van der Waals surface area contributed by atoms with E-state index in [1.165, 1.54) is 11.3 Å². The third-order valence-corrected chi connectivity index (χ3v) is 4.71. The van der Waals surface area contributed by atoms with Gasteiger partial charge in [0.2, 0.25) is 0 Å². The second-order valence-corrected chi connectivity index (χ2v) is 6.62. The van der Waals surface area contributed by atoms with Crippen molar-refractivity contribution in [3.05, 3.63) is 51.8 Å². The highest BCUT2D eigenvalue weighted by atomic mass is 79.9. The first-order valence-corrected chi connectivity index (χ1v) is 7.65. The minimum Gasteiger partial charge on any atom is -0.310 e. The summed E-state index contributed by atoms with van der Waals surface area (Å²) >= 11 is 3.60. The number of hydrogen-bond donors (Lipinski definition) is 1. The van der Waals surface area contributed by atoms with Crippen LogP contribution in [0.1, 0.15) is 30.8 Å². The highest BCUT2D eigenvalue weighted by molar-refractivity contribution is 9.10. The molecular weight excluding hydrogens is 314 g/mol. The molecule has 0 radical (unpaired) electrons. The van der Waals surface area contributed by atoms with Gasteiger partial charge in [-0.2, -0.15) is 5.10 Å². The highest BCUT2D eigenvalue weighted by Crippen LogP contribution is 2.23. The van der Waals surface area contributed by atoms with Crippen LogP contribution in [0.15, 0.2) is 34.8 Å². The van der Waals surface area contributed by atoms with Gasteiger partial charge in [0.25, 0.3) is 0 Å². The predicted molar refractivity (Wildman–Crippen MR) is 86.8 cm³/mol. The van der Waals surface area contributed by atoms with Crippen LogP contribution in [-0.4, -0.2) is 16.3 Å². The Bertz CT molecular complexity index is 573. The van der Waals surface area contributed by atoms with Crippen molar-refractivity contribution in [1.29, 1.82) is 0 Å². The van der Waals surface area contributed by atoms with Crippen molar-refractivity contribution in [2.45, 2.75) is 32.7 Å². The molecule has 2 aromatic rings. The molecule has 0 bridgehead atoms. The molecule has 0 aliphatic carbocycles. The molecule has 0 amide bonds. The molecular formula is C16H22BrN3. The zero-order valence-corrected chi connectivity index (χ0v) is 14.2. The van der Waals surface area contributed by atoms with Crippen molar-refractivity contribution < 1.29 is 0 Å². The van der Waals surface area contributed by atoms with E-state index in [0.29, 0.717) is 0 Å². The Morgan fingerprint density at radius 2 is 1.90 bits per heavy atom. The largest absolute Gasteiger partial charge is 0.310 e. The van der Waals surface area contributed by atoms with E-state index < -0.39 is 0 Å². The summed E-state index contributed by atoms with van der Waals surface area (Å²) < 4.78 is 3.03. The van der Waals surface area contributed by atoms with Crippen molar-refractivity contribution in [1.82, 2.24) is 15.1 Å². The molecule has 2 rings (SSSR count). The van der Waals surface area contributed by atoms with Crippen LogP contribution in [0, 0.1) is 6.92 Å². The van der Waals surface area contributed by atoms with Gasteiger partial charge in [-0.25, -0.2) is 0 Å². The summed E-state index contributed by atoms with van der Waals surface area (Å²) in [5.41, 5.74) is 3.69. The molecule has 108 valence electrons. The maximum Gasteiger partial charge on any atom is 0.0739 e. The fraction of sp³-hybridized carbons (Fsp3) is 0.438. The predicted octanol–water partition coefficient (Wildman–Crippen LogP) is 3.56. The van der Waals surface area contributed by atoms with E-state index in [4.69, 9.17) is 0 Å². The molecule has 0 aliphatic heterocycles. The molecule has 1 aromatic heterocycles. The molecule has 0 atom stereocenters. The van der Waals surface area contributed by atoms with E-state index in [1.54, 1.807) is 0 Å². The first kappa shape index (κ1) is 15.3. The lowest BCUT2D eigenvalue weighted by molar-refractivity contribution is 0.462. The Morgan fingerprint density at radius 3 is 2.45 bits per heavy atom. The molecule has 0 saturated carbocycles. The average Bonchev–Trinajstić information content (AvgIpc) is 2.66. The number of benzene rings is 1. The van der Waals surface area contributed by atoms with E-state index in [2.05, 4.69) is 70.5 Å². The fourth-order valence-corrected chi connectivity index (χ4v) is 2.83. The van der Waals surface area contributed by atoms with Gasteiger partial charge in [0.05, 0.1) is 15.9 Å². The number of aromatic nitrogens is 2. The monoisotopic (exact) mass is 335 g/mol. The normalized spacial score (nSPS) is 11.8. The summed E-state index contributed by atoms with van der Waals surface area (Å²) in [6.07, 6.45) is 0. The number of aryl methyl sites for hydroxylation is 2. The van der Waals surface area contributed by atoms with Crippen molar-refractivity contribution in [2.24, 2.45) is 7.05 Å².